The Morgan fingerprint density at radius 1 is 1.15 bits per heavy atom. The third-order valence-electron chi connectivity index (χ3n) is 4.39. The summed E-state index contributed by atoms with van der Waals surface area (Å²) in [6.07, 6.45) is 0.381. The molecule has 2 aromatic rings. The molecule has 1 atom stereocenters. The number of carbonyl (C=O) groups is 1. The first-order valence-electron chi connectivity index (χ1n) is 9.22. The second-order valence-electron chi connectivity index (χ2n) is 7.96. The van der Waals surface area contributed by atoms with Crippen LogP contribution >= 0.6 is 0 Å². The van der Waals surface area contributed by atoms with E-state index in [1.54, 1.807) is 11.0 Å². The number of benzene rings is 2. The van der Waals surface area contributed by atoms with Crippen molar-refractivity contribution in [2.75, 3.05) is 13.1 Å². The van der Waals surface area contributed by atoms with Gasteiger partial charge >= 0.3 is 6.09 Å². The van der Waals surface area contributed by atoms with Crippen molar-refractivity contribution in [1.82, 2.24) is 4.90 Å². The summed E-state index contributed by atoms with van der Waals surface area (Å²) in [4.78, 5) is 13.8. The molecule has 5 heteroatoms. The molecule has 1 saturated heterocycles. The van der Waals surface area contributed by atoms with Crippen molar-refractivity contribution in [3.05, 3.63) is 53.8 Å². The van der Waals surface area contributed by atoms with Gasteiger partial charge in [-0.25, -0.2) is 9.18 Å². The van der Waals surface area contributed by atoms with Gasteiger partial charge < -0.3 is 14.4 Å². The number of carbonyl (C=O) groups excluding carboxylic acids is 1. The van der Waals surface area contributed by atoms with Crippen LogP contribution in [0.25, 0.3) is 11.1 Å². The molecule has 0 spiro atoms. The first-order chi connectivity index (χ1) is 12.7. The van der Waals surface area contributed by atoms with Crippen LogP contribution in [0.2, 0.25) is 0 Å². The van der Waals surface area contributed by atoms with Crippen LogP contribution in [0, 0.1) is 12.7 Å². The zero-order chi connectivity index (χ0) is 19.6. The van der Waals surface area contributed by atoms with Gasteiger partial charge in [-0.3, -0.25) is 0 Å². The van der Waals surface area contributed by atoms with Crippen LogP contribution in [0.5, 0.6) is 5.75 Å². The highest BCUT2D eigenvalue weighted by molar-refractivity contribution is 5.68. The molecule has 0 bridgehead atoms. The molecule has 0 aliphatic carbocycles. The van der Waals surface area contributed by atoms with E-state index in [1.807, 2.05) is 58.0 Å². The molecule has 27 heavy (non-hydrogen) atoms. The smallest absolute Gasteiger partial charge is 0.410 e. The van der Waals surface area contributed by atoms with Crippen molar-refractivity contribution in [3.63, 3.8) is 0 Å². The molecule has 3 rings (SSSR count). The predicted octanol–water partition coefficient (Wildman–Crippen LogP) is 5.19. The lowest BCUT2D eigenvalue weighted by atomic mass is 10.0. The van der Waals surface area contributed by atoms with Crippen LogP contribution in [-0.4, -0.2) is 35.8 Å². The maximum absolute atomic E-state index is 14.1. The van der Waals surface area contributed by atoms with Crippen molar-refractivity contribution < 1.29 is 18.7 Å². The lowest BCUT2D eigenvalue weighted by Crippen LogP contribution is -2.36. The Bertz CT molecular complexity index is 811. The quantitative estimate of drug-likeness (QED) is 0.745. The van der Waals surface area contributed by atoms with Gasteiger partial charge in [0.25, 0.3) is 0 Å². The number of nitrogens with zero attached hydrogens (tertiary/aromatic N) is 1. The van der Waals surface area contributed by atoms with Gasteiger partial charge in [0.15, 0.2) is 0 Å². The minimum Gasteiger partial charge on any atom is -0.489 e. The number of likely N-dealkylation sites (tertiary alicyclic amines) is 1. The highest BCUT2D eigenvalue weighted by atomic mass is 19.1. The van der Waals surface area contributed by atoms with Crippen LogP contribution in [0.1, 0.15) is 32.8 Å². The minimum atomic E-state index is -0.503. The molecule has 1 amide bonds. The molecular weight excluding hydrogens is 345 g/mol. The number of hydrogen-bond acceptors (Lipinski definition) is 3. The Balaban J connectivity index is 1.60. The first kappa shape index (κ1) is 19.2. The highest BCUT2D eigenvalue weighted by Gasteiger charge is 2.30. The zero-order valence-corrected chi connectivity index (χ0v) is 16.3. The van der Waals surface area contributed by atoms with Crippen molar-refractivity contribution in [2.24, 2.45) is 0 Å². The summed E-state index contributed by atoms with van der Waals surface area (Å²) >= 11 is 0. The third kappa shape index (κ3) is 5.00. The lowest BCUT2D eigenvalue weighted by Gasteiger charge is -2.24. The van der Waals surface area contributed by atoms with Crippen LogP contribution in [0.3, 0.4) is 0 Å². The van der Waals surface area contributed by atoms with Gasteiger partial charge in [-0.05, 0) is 57.0 Å². The maximum Gasteiger partial charge on any atom is 0.410 e. The molecule has 4 nitrogen and oxygen atoms in total. The molecule has 1 heterocycles. The number of amides is 1. The van der Waals surface area contributed by atoms with Gasteiger partial charge in [-0.2, -0.15) is 0 Å². The van der Waals surface area contributed by atoms with Crippen LogP contribution in [0.15, 0.2) is 42.5 Å². The predicted molar refractivity (Wildman–Crippen MR) is 103 cm³/mol. The normalized spacial score (nSPS) is 17.1. The molecule has 1 fully saturated rings. The van der Waals surface area contributed by atoms with Crippen LogP contribution in [-0.2, 0) is 4.74 Å². The minimum absolute atomic E-state index is 0.0699. The lowest BCUT2D eigenvalue weighted by molar-refractivity contribution is 0.0275. The van der Waals surface area contributed by atoms with E-state index in [9.17, 15) is 9.18 Å². The molecule has 0 N–H and O–H groups in total. The fourth-order valence-corrected chi connectivity index (χ4v) is 3.08. The van der Waals surface area contributed by atoms with Crippen LogP contribution < -0.4 is 4.74 Å². The van der Waals surface area contributed by atoms with Gasteiger partial charge in [-0.15, -0.1) is 0 Å². The summed E-state index contributed by atoms with van der Waals surface area (Å²) in [5.41, 5.74) is 1.77. The number of aryl methyl sites for hydroxylation is 1. The highest BCUT2D eigenvalue weighted by Crippen LogP contribution is 2.27. The number of hydrogen-bond donors (Lipinski definition) is 0. The topological polar surface area (TPSA) is 38.8 Å². The second-order valence-corrected chi connectivity index (χ2v) is 7.96. The number of rotatable bonds is 3. The molecule has 0 radical (unpaired) electrons. The van der Waals surface area contributed by atoms with Gasteiger partial charge in [0.2, 0.25) is 0 Å². The maximum atomic E-state index is 14.1. The van der Waals surface area contributed by atoms with Gasteiger partial charge in [0.1, 0.15) is 23.3 Å². The van der Waals surface area contributed by atoms with Crippen molar-refractivity contribution in [3.8, 4) is 16.9 Å². The first-order valence-corrected chi connectivity index (χ1v) is 9.22. The Kier molecular flexibility index (Phi) is 5.40. The van der Waals surface area contributed by atoms with Gasteiger partial charge in [0.05, 0.1) is 6.54 Å². The van der Waals surface area contributed by atoms with E-state index < -0.39 is 5.60 Å². The summed E-state index contributed by atoms with van der Waals surface area (Å²) < 4.78 is 25.5. The Labute approximate surface area is 159 Å². The monoisotopic (exact) mass is 371 g/mol. The average Bonchev–Trinajstić information content (AvgIpc) is 3.03. The zero-order valence-electron chi connectivity index (χ0n) is 16.3. The standard InChI is InChI=1S/C22H26FNO3/c1-15-5-10-19(20(23)13-15)16-6-8-17(9-7-16)26-18-11-12-24(14-18)21(25)27-22(2,3)4/h5-10,13,18H,11-12,14H2,1-4H3. The summed E-state index contributed by atoms with van der Waals surface area (Å²) in [5.74, 6) is 0.481. The van der Waals surface area contributed by atoms with Crippen molar-refractivity contribution >= 4 is 6.09 Å². The molecule has 0 saturated carbocycles. The fourth-order valence-electron chi connectivity index (χ4n) is 3.08. The van der Waals surface area contributed by atoms with E-state index in [0.29, 0.717) is 24.4 Å². The van der Waals surface area contributed by atoms with Crippen molar-refractivity contribution in [2.45, 2.75) is 45.8 Å². The average molecular weight is 371 g/mol. The number of ether oxygens (including phenoxy) is 2. The molecule has 1 aliphatic rings. The van der Waals surface area contributed by atoms with Crippen LogP contribution in [0.4, 0.5) is 9.18 Å². The SMILES string of the molecule is Cc1ccc(-c2ccc(OC3CCN(C(=O)OC(C)(C)C)C3)cc2)c(F)c1. The fraction of sp³-hybridized carbons (Fsp3) is 0.409. The Morgan fingerprint density at radius 2 is 1.85 bits per heavy atom. The van der Waals surface area contributed by atoms with E-state index in [4.69, 9.17) is 9.47 Å². The second kappa shape index (κ2) is 7.59. The van der Waals surface area contributed by atoms with E-state index >= 15 is 0 Å². The van der Waals surface area contributed by atoms with E-state index in [1.165, 1.54) is 6.07 Å². The van der Waals surface area contributed by atoms with Gasteiger partial charge in [0, 0.05) is 18.5 Å². The summed E-state index contributed by atoms with van der Waals surface area (Å²) in [6, 6.07) is 12.6. The van der Waals surface area contributed by atoms with E-state index in [-0.39, 0.29) is 18.0 Å². The summed E-state index contributed by atoms with van der Waals surface area (Å²) in [5, 5.41) is 0. The molecule has 144 valence electrons. The van der Waals surface area contributed by atoms with E-state index in [2.05, 4.69) is 0 Å². The Hall–Kier alpha value is -2.56. The molecule has 0 aromatic heterocycles. The van der Waals surface area contributed by atoms with Crippen molar-refractivity contribution in [1.29, 1.82) is 0 Å². The third-order valence-corrected chi connectivity index (χ3v) is 4.39. The summed E-state index contributed by atoms with van der Waals surface area (Å²) in [7, 11) is 0. The summed E-state index contributed by atoms with van der Waals surface area (Å²) in [6.45, 7) is 8.55. The molecule has 2 aromatic carbocycles. The largest absolute Gasteiger partial charge is 0.489 e. The Morgan fingerprint density at radius 3 is 2.48 bits per heavy atom. The van der Waals surface area contributed by atoms with E-state index in [0.717, 1.165) is 17.5 Å². The van der Waals surface area contributed by atoms with Gasteiger partial charge in [-0.1, -0.05) is 24.3 Å². The molecule has 1 aliphatic heterocycles. The number of halogens is 1. The molecule has 1 unspecified atom stereocenters. The molecular formula is C22H26FNO3.